The molecule has 1 aliphatic rings. The smallest absolute Gasteiger partial charge is 0.410 e. The van der Waals surface area contributed by atoms with E-state index in [0.717, 1.165) is 42.6 Å². The minimum absolute atomic E-state index is 0.0696. The van der Waals surface area contributed by atoms with E-state index in [0.29, 0.717) is 6.61 Å². The van der Waals surface area contributed by atoms with Gasteiger partial charge in [0.2, 0.25) is 0 Å². The second kappa shape index (κ2) is 7.27. The van der Waals surface area contributed by atoms with Crippen LogP contribution in [0.3, 0.4) is 0 Å². The monoisotopic (exact) mass is 310 g/mol. The number of carbonyl (C=O) groups excluding carboxylic acids is 1. The van der Waals surface area contributed by atoms with Crippen LogP contribution in [0.4, 0.5) is 4.79 Å². The number of nitrogens with zero attached hydrogens (tertiary/aromatic N) is 2. The molecule has 3 rings (SSSR count). The van der Waals surface area contributed by atoms with Crippen molar-refractivity contribution in [2.24, 2.45) is 0 Å². The average Bonchev–Trinajstić information content (AvgIpc) is 2.61. The maximum atomic E-state index is 12.5. The molecule has 1 aliphatic heterocycles. The summed E-state index contributed by atoms with van der Waals surface area (Å²) in [5.74, 6) is 0. The predicted molar refractivity (Wildman–Crippen MR) is 88.9 cm³/mol. The number of pyridine rings is 1. The minimum Gasteiger partial charge on any atom is -0.445 e. The van der Waals surface area contributed by atoms with Gasteiger partial charge in [0.25, 0.3) is 0 Å². The lowest BCUT2D eigenvalue weighted by Crippen LogP contribution is -2.38. The van der Waals surface area contributed by atoms with Crippen molar-refractivity contribution < 1.29 is 9.53 Å². The Hall–Kier alpha value is -2.36. The topological polar surface area (TPSA) is 42.4 Å². The standard InChI is InChI=1S/C19H22N2O2/c1-15-10-11-17(13-20-15)18-9-5-6-12-21(18)19(22)23-14-16-7-3-2-4-8-16/h2-4,7-8,10-11,13,18H,5-6,9,12,14H2,1H3/t18-/m0/s1. The van der Waals surface area contributed by atoms with Crippen LogP contribution >= 0.6 is 0 Å². The summed E-state index contributed by atoms with van der Waals surface area (Å²) in [4.78, 5) is 18.7. The van der Waals surface area contributed by atoms with Crippen LogP contribution in [0.25, 0.3) is 0 Å². The molecule has 2 heterocycles. The van der Waals surface area contributed by atoms with E-state index >= 15 is 0 Å². The van der Waals surface area contributed by atoms with Gasteiger partial charge in [-0.15, -0.1) is 0 Å². The van der Waals surface area contributed by atoms with Gasteiger partial charge in [-0.3, -0.25) is 4.98 Å². The van der Waals surface area contributed by atoms with Gasteiger partial charge in [0.05, 0.1) is 6.04 Å². The molecule has 23 heavy (non-hydrogen) atoms. The molecule has 0 unspecified atom stereocenters. The number of likely N-dealkylation sites (tertiary alicyclic amines) is 1. The first-order chi connectivity index (χ1) is 11.2. The lowest BCUT2D eigenvalue weighted by atomic mass is 9.97. The van der Waals surface area contributed by atoms with Crippen molar-refractivity contribution in [1.29, 1.82) is 0 Å². The van der Waals surface area contributed by atoms with Crippen molar-refractivity contribution in [1.82, 2.24) is 9.88 Å². The molecule has 1 fully saturated rings. The SMILES string of the molecule is Cc1ccc([C@@H]2CCCCN2C(=O)OCc2ccccc2)cn1. The van der Waals surface area contributed by atoms with Gasteiger partial charge in [-0.1, -0.05) is 36.4 Å². The van der Waals surface area contributed by atoms with Gasteiger partial charge in [0.15, 0.2) is 0 Å². The highest BCUT2D eigenvalue weighted by Crippen LogP contribution is 2.31. The highest BCUT2D eigenvalue weighted by Gasteiger charge is 2.29. The molecule has 120 valence electrons. The number of piperidine rings is 1. The van der Waals surface area contributed by atoms with Crippen molar-refractivity contribution in [3.63, 3.8) is 0 Å². The van der Waals surface area contributed by atoms with E-state index in [9.17, 15) is 4.79 Å². The van der Waals surface area contributed by atoms with Crippen molar-refractivity contribution in [3.8, 4) is 0 Å². The normalized spacial score (nSPS) is 17.8. The van der Waals surface area contributed by atoms with Crippen LogP contribution in [0.1, 0.15) is 42.1 Å². The summed E-state index contributed by atoms with van der Waals surface area (Å²) in [6, 6.07) is 13.9. The number of aromatic nitrogens is 1. The van der Waals surface area contributed by atoms with Gasteiger partial charge in [-0.05, 0) is 43.4 Å². The average molecular weight is 310 g/mol. The Morgan fingerprint density at radius 3 is 2.78 bits per heavy atom. The van der Waals surface area contributed by atoms with Crippen LogP contribution in [0, 0.1) is 6.92 Å². The van der Waals surface area contributed by atoms with Crippen LogP contribution in [0.15, 0.2) is 48.7 Å². The third-order valence-corrected chi connectivity index (χ3v) is 4.26. The van der Waals surface area contributed by atoms with E-state index in [4.69, 9.17) is 4.74 Å². The van der Waals surface area contributed by atoms with Crippen molar-refractivity contribution in [2.45, 2.75) is 38.8 Å². The summed E-state index contributed by atoms with van der Waals surface area (Å²) >= 11 is 0. The lowest BCUT2D eigenvalue weighted by Gasteiger charge is -2.35. The van der Waals surface area contributed by atoms with Crippen LogP contribution in [-0.4, -0.2) is 22.5 Å². The molecule has 4 heteroatoms. The first-order valence-corrected chi connectivity index (χ1v) is 8.14. The second-order valence-corrected chi connectivity index (χ2v) is 5.98. The molecule has 1 atom stereocenters. The second-order valence-electron chi connectivity index (χ2n) is 5.98. The Morgan fingerprint density at radius 2 is 2.04 bits per heavy atom. The van der Waals surface area contributed by atoms with E-state index in [2.05, 4.69) is 11.1 Å². The zero-order valence-corrected chi connectivity index (χ0v) is 13.4. The molecular formula is C19H22N2O2. The third-order valence-electron chi connectivity index (χ3n) is 4.26. The highest BCUT2D eigenvalue weighted by molar-refractivity contribution is 5.68. The van der Waals surface area contributed by atoms with Gasteiger partial charge in [0.1, 0.15) is 6.61 Å². The van der Waals surface area contributed by atoms with E-state index in [-0.39, 0.29) is 12.1 Å². The molecule has 0 spiro atoms. The van der Waals surface area contributed by atoms with E-state index < -0.39 is 0 Å². The van der Waals surface area contributed by atoms with Crippen LogP contribution < -0.4 is 0 Å². The van der Waals surface area contributed by atoms with Crippen molar-refractivity contribution in [3.05, 3.63) is 65.5 Å². The van der Waals surface area contributed by atoms with Crippen molar-refractivity contribution in [2.75, 3.05) is 6.54 Å². The molecule has 4 nitrogen and oxygen atoms in total. The fraction of sp³-hybridized carbons (Fsp3) is 0.368. The van der Waals surface area contributed by atoms with Gasteiger partial charge in [-0.25, -0.2) is 4.79 Å². The van der Waals surface area contributed by atoms with E-state index in [1.165, 1.54) is 0 Å². The molecular weight excluding hydrogens is 288 g/mol. The molecule has 1 aromatic carbocycles. The fourth-order valence-electron chi connectivity index (χ4n) is 2.98. The van der Waals surface area contributed by atoms with Gasteiger partial charge >= 0.3 is 6.09 Å². The maximum absolute atomic E-state index is 12.5. The van der Waals surface area contributed by atoms with Crippen LogP contribution in [-0.2, 0) is 11.3 Å². The molecule has 2 aromatic rings. The Bertz CT molecular complexity index is 640. The number of rotatable bonds is 3. The Kier molecular flexibility index (Phi) is 4.91. The highest BCUT2D eigenvalue weighted by atomic mass is 16.6. The summed E-state index contributed by atoms with van der Waals surface area (Å²) in [6.07, 6.45) is 4.75. The Morgan fingerprint density at radius 1 is 1.22 bits per heavy atom. The minimum atomic E-state index is -0.237. The molecule has 1 amide bonds. The zero-order chi connectivity index (χ0) is 16.1. The van der Waals surface area contributed by atoms with Crippen LogP contribution in [0.2, 0.25) is 0 Å². The van der Waals surface area contributed by atoms with Gasteiger partial charge in [0, 0.05) is 18.4 Å². The number of carbonyl (C=O) groups is 1. The lowest BCUT2D eigenvalue weighted by molar-refractivity contribution is 0.0678. The number of aryl methyl sites for hydroxylation is 1. The zero-order valence-electron chi connectivity index (χ0n) is 13.4. The summed E-state index contributed by atoms with van der Waals surface area (Å²) in [5.41, 5.74) is 3.08. The van der Waals surface area contributed by atoms with Gasteiger partial charge < -0.3 is 9.64 Å². The Labute approximate surface area is 137 Å². The predicted octanol–water partition coefficient (Wildman–Crippen LogP) is 4.25. The summed E-state index contributed by atoms with van der Waals surface area (Å²) in [5, 5.41) is 0. The molecule has 0 bridgehead atoms. The third kappa shape index (κ3) is 3.89. The van der Waals surface area contributed by atoms with Crippen LogP contribution in [0.5, 0.6) is 0 Å². The molecule has 0 aliphatic carbocycles. The molecule has 1 saturated heterocycles. The quantitative estimate of drug-likeness (QED) is 0.851. The number of hydrogen-bond donors (Lipinski definition) is 0. The molecule has 1 aromatic heterocycles. The van der Waals surface area contributed by atoms with Crippen molar-refractivity contribution >= 4 is 6.09 Å². The van der Waals surface area contributed by atoms with E-state index in [1.54, 1.807) is 0 Å². The number of amides is 1. The number of hydrogen-bond acceptors (Lipinski definition) is 3. The summed E-state index contributed by atoms with van der Waals surface area (Å²) in [6.45, 7) is 3.03. The largest absolute Gasteiger partial charge is 0.445 e. The fourth-order valence-corrected chi connectivity index (χ4v) is 2.98. The first kappa shape index (κ1) is 15.5. The summed E-state index contributed by atoms with van der Waals surface area (Å²) in [7, 11) is 0. The van der Waals surface area contributed by atoms with Gasteiger partial charge in [-0.2, -0.15) is 0 Å². The first-order valence-electron chi connectivity index (χ1n) is 8.14. The molecule has 0 saturated carbocycles. The molecule has 0 radical (unpaired) electrons. The molecule has 0 N–H and O–H groups in total. The summed E-state index contributed by atoms with van der Waals surface area (Å²) < 4.78 is 5.51. The Balaban J connectivity index is 1.68. The number of ether oxygens (including phenoxy) is 1. The number of benzene rings is 1. The van der Waals surface area contributed by atoms with E-state index in [1.807, 2.05) is 54.4 Å². The maximum Gasteiger partial charge on any atom is 0.410 e.